The van der Waals surface area contributed by atoms with E-state index in [1.165, 1.54) is 24.3 Å². The summed E-state index contributed by atoms with van der Waals surface area (Å²) in [6.07, 6.45) is 0. The van der Waals surface area contributed by atoms with Gasteiger partial charge in [0.05, 0.1) is 0 Å². The lowest BCUT2D eigenvalue weighted by atomic mass is 9.94. The molecule has 5 rings (SSSR count). The zero-order valence-electron chi connectivity index (χ0n) is 23.0. The van der Waals surface area contributed by atoms with Crippen molar-refractivity contribution in [1.29, 1.82) is 0 Å². The van der Waals surface area contributed by atoms with Crippen LogP contribution in [0, 0.1) is 58.2 Å². The molecule has 5 aromatic carbocycles. The summed E-state index contributed by atoms with van der Waals surface area (Å²) in [5.41, 5.74) is 1.60. The van der Waals surface area contributed by atoms with E-state index in [9.17, 15) is 60.7 Å². The van der Waals surface area contributed by atoms with Crippen LogP contribution in [-0.2, 0) is 20.2 Å². The Morgan fingerprint density at radius 3 is 0.875 bits per heavy atom. The Morgan fingerprint density at radius 2 is 0.604 bits per heavy atom. The summed E-state index contributed by atoms with van der Waals surface area (Å²) >= 11 is 0. The van der Waals surface area contributed by atoms with E-state index in [2.05, 4.69) is 8.37 Å². The quantitative estimate of drug-likeness (QED) is 0.0700. The number of hydrogen-bond donors (Lipinski definition) is 0. The number of rotatable bonds is 8. The summed E-state index contributed by atoms with van der Waals surface area (Å²) in [6, 6.07) is 15.5. The Kier molecular flexibility index (Phi) is 8.91. The van der Waals surface area contributed by atoms with Gasteiger partial charge in [-0.25, -0.2) is 43.9 Å². The van der Waals surface area contributed by atoms with Crippen molar-refractivity contribution in [2.24, 2.45) is 0 Å². The first-order chi connectivity index (χ1) is 22.5. The minimum absolute atomic E-state index is 0.362. The van der Waals surface area contributed by atoms with E-state index in [1.54, 1.807) is 24.3 Å². The van der Waals surface area contributed by atoms with Crippen molar-refractivity contribution in [2.45, 2.75) is 9.79 Å². The first kappa shape index (κ1) is 34.2. The van der Waals surface area contributed by atoms with E-state index in [1.807, 2.05) is 0 Å². The summed E-state index contributed by atoms with van der Waals surface area (Å²) in [7, 11) is -11.1. The van der Waals surface area contributed by atoms with E-state index in [0.717, 1.165) is 24.3 Å². The average Bonchev–Trinajstić information content (AvgIpc) is 3.05. The normalized spacial score (nSPS) is 11.9. The SMILES string of the molecule is O=S(=O)(Oc1ccc(-c2ccccc2-c2ccc(OS(=O)(=O)c3c(F)c(F)c(F)c(F)c3F)cc2)cc1)c1c(F)c(F)c(F)c(F)c1F. The van der Waals surface area contributed by atoms with Crippen LogP contribution in [0.25, 0.3) is 22.3 Å². The lowest BCUT2D eigenvalue weighted by Crippen LogP contribution is -2.17. The Bertz CT molecular complexity index is 2090. The number of hydrogen-bond acceptors (Lipinski definition) is 6. The monoisotopic (exact) mass is 722 g/mol. The molecule has 0 aromatic heterocycles. The average molecular weight is 723 g/mol. The van der Waals surface area contributed by atoms with Crippen LogP contribution in [0.1, 0.15) is 0 Å². The van der Waals surface area contributed by atoms with Gasteiger partial charge in [-0.2, -0.15) is 16.8 Å². The van der Waals surface area contributed by atoms with Crippen LogP contribution in [0.5, 0.6) is 11.5 Å². The molecule has 5 aromatic rings. The summed E-state index contributed by atoms with van der Waals surface area (Å²) in [4.78, 5) is -4.39. The van der Waals surface area contributed by atoms with E-state index < -0.39 is 99.7 Å². The molecule has 18 heteroatoms. The molecule has 0 unspecified atom stereocenters. The molecular weight excluding hydrogens is 710 g/mol. The maximum atomic E-state index is 14.1. The fourth-order valence-electron chi connectivity index (χ4n) is 4.31. The van der Waals surface area contributed by atoms with E-state index in [0.29, 0.717) is 22.3 Å². The third kappa shape index (κ3) is 6.03. The van der Waals surface area contributed by atoms with Crippen molar-refractivity contribution < 1.29 is 69.1 Å². The van der Waals surface area contributed by atoms with Crippen LogP contribution in [-0.4, -0.2) is 16.8 Å². The van der Waals surface area contributed by atoms with Crippen molar-refractivity contribution in [2.75, 3.05) is 0 Å². The predicted molar refractivity (Wildman–Crippen MR) is 145 cm³/mol. The number of halogens is 10. The van der Waals surface area contributed by atoms with Gasteiger partial charge in [-0.05, 0) is 46.5 Å². The molecule has 0 bridgehead atoms. The minimum Gasteiger partial charge on any atom is -0.379 e. The molecule has 0 aliphatic carbocycles. The Hall–Kier alpha value is -5.10. The Labute approximate surface area is 263 Å². The molecule has 6 nitrogen and oxygen atoms in total. The molecule has 0 saturated heterocycles. The molecule has 0 amide bonds. The molecule has 0 aliphatic rings. The second kappa shape index (κ2) is 12.5. The van der Waals surface area contributed by atoms with Gasteiger partial charge in [0.15, 0.2) is 56.3 Å². The zero-order chi connectivity index (χ0) is 35.3. The highest BCUT2D eigenvalue weighted by Gasteiger charge is 2.36. The van der Waals surface area contributed by atoms with E-state index in [-0.39, 0.29) is 0 Å². The fourth-order valence-corrected chi connectivity index (χ4v) is 6.44. The molecule has 0 atom stereocenters. The summed E-state index contributed by atoms with van der Waals surface area (Å²) < 4.78 is 196. The first-order valence-corrected chi connectivity index (χ1v) is 15.5. The highest BCUT2D eigenvalue weighted by atomic mass is 32.2. The lowest BCUT2D eigenvalue weighted by Gasteiger charge is -2.13. The second-order valence-electron chi connectivity index (χ2n) is 9.47. The van der Waals surface area contributed by atoms with Crippen LogP contribution in [0.15, 0.2) is 82.6 Å². The van der Waals surface area contributed by atoms with Crippen LogP contribution in [0.2, 0.25) is 0 Å². The molecule has 48 heavy (non-hydrogen) atoms. The molecule has 0 fully saturated rings. The summed E-state index contributed by atoms with van der Waals surface area (Å²) in [5.74, 6) is -26.7. The molecule has 0 N–H and O–H groups in total. The van der Waals surface area contributed by atoms with Crippen LogP contribution < -0.4 is 8.37 Å². The number of benzene rings is 5. The fraction of sp³-hybridized carbons (Fsp3) is 0. The van der Waals surface area contributed by atoms with Crippen LogP contribution >= 0.6 is 0 Å². The van der Waals surface area contributed by atoms with Crippen LogP contribution in [0.3, 0.4) is 0 Å². The standard InChI is InChI=1S/C30H12F10O6S2/c31-19-21(33)25(37)29(26(38)22(19)34)47(41,42)45-15-9-5-13(6-10-15)17-3-1-2-4-18(17)14-7-11-16(12-8-14)46-48(43,44)30-27(39)23(35)20(32)24(36)28(30)40/h1-12H. The van der Waals surface area contributed by atoms with Crippen LogP contribution in [0.4, 0.5) is 43.9 Å². The smallest absolute Gasteiger partial charge is 0.345 e. The maximum absolute atomic E-state index is 14.1. The third-order valence-electron chi connectivity index (χ3n) is 6.51. The topological polar surface area (TPSA) is 86.7 Å². The Morgan fingerprint density at radius 1 is 0.354 bits per heavy atom. The summed E-state index contributed by atoms with van der Waals surface area (Å²) in [5, 5.41) is 0. The molecule has 0 saturated carbocycles. The van der Waals surface area contributed by atoms with Gasteiger partial charge in [0.25, 0.3) is 0 Å². The third-order valence-corrected chi connectivity index (χ3v) is 9.05. The lowest BCUT2D eigenvalue weighted by molar-refractivity contribution is 0.352. The van der Waals surface area contributed by atoms with Crippen molar-refractivity contribution in [3.63, 3.8) is 0 Å². The molecule has 0 heterocycles. The van der Waals surface area contributed by atoms with Gasteiger partial charge in [-0.15, -0.1) is 0 Å². The van der Waals surface area contributed by atoms with Gasteiger partial charge in [0.1, 0.15) is 11.5 Å². The predicted octanol–water partition coefficient (Wildman–Crippen LogP) is 7.95. The maximum Gasteiger partial charge on any atom is 0.345 e. The van der Waals surface area contributed by atoms with E-state index >= 15 is 0 Å². The van der Waals surface area contributed by atoms with Gasteiger partial charge >= 0.3 is 20.2 Å². The summed E-state index contributed by atoms with van der Waals surface area (Å²) in [6.45, 7) is 0. The molecule has 0 radical (unpaired) electrons. The van der Waals surface area contributed by atoms with E-state index in [4.69, 9.17) is 0 Å². The van der Waals surface area contributed by atoms with Gasteiger partial charge < -0.3 is 8.37 Å². The second-order valence-corrected chi connectivity index (χ2v) is 12.4. The molecular formula is C30H12F10O6S2. The molecule has 0 aliphatic heterocycles. The van der Waals surface area contributed by atoms with Crippen molar-refractivity contribution in [1.82, 2.24) is 0 Å². The van der Waals surface area contributed by atoms with Gasteiger partial charge in [-0.1, -0.05) is 48.5 Å². The van der Waals surface area contributed by atoms with Gasteiger partial charge in [0, 0.05) is 0 Å². The van der Waals surface area contributed by atoms with Crippen molar-refractivity contribution in [3.8, 4) is 33.8 Å². The first-order valence-electron chi connectivity index (χ1n) is 12.7. The highest BCUT2D eigenvalue weighted by molar-refractivity contribution is 7.87. The minimum atomic E-state index is -5.56. The molecule has 0 spiro atoms. The zero-order valence-corrected chi connectivity index (χ0v) is 24.6. The van der Waals surface area contributed by atoms with Crippen molar-refractivity contribution >= 4 is 20.2 Å². The van der Waals surface area contributed by atoms with Gasteiger partial charge in [0.2, 0.25) is 11.6 Å². The highest BCUT2D eigenvalue weighted by Crippen LogP contribution is 2.36. The van der Waals surface area contributed by atoms with Gasteiger partial charge in [-0.3, -0.25) is 0 Å². The van der Waals surface area contributed by atoms with Crippen molar-refractivity contribution in [3.05, 3.63) is 131 Å². The molecule has 250 valence electrons. The largest absolute Gasteiger partial charge is 0.379 e. The Balaban J connectivity index is 1.41.